The minimum Gasteiger partial charge on any atom is -0.499 e. The molecule has 0 atom stereocenters. The molecule has 0 aromatic heterocycles. The third kappa shape index (κ3) is 3.40. The molecular weight excluding hydrogens is 104 g/mol. The lowest BCUT2D eigenvalue weighted by atomic mass is 10.8. The molecule has 0 bridgehead atoms. The zero-order chi connectivity index (χ0) is 6.41. The molecule has 0 fully saturated rings. The van der Waals surface area contributed by atoms with Crippen molar-refractivity contribution in [1.82, 2.24) is 0 Å². The van der Waals surface area contributed by atoms with Gasteiger partial charge in [0.05, 0.1) is 0 Å². The molecule has 0 radical (unpaired) electrons. The van der Waals surface area contributed by atoms with E-state index in [1.165, 1.54) is 0 Å². The number of ether oxygens (including phenoxy) is 2. The van der Waals surface area contributed by atoms with Crippen molar-refractivity contribution in [1.29, 1.82) is 0 Å². The van der Waals surface area contributed by atoms with Gasteiger partial charge >= 0.3 is 0 Å². The Labute approximate surface area is 50.1 Å². The van der Waals surface area contributed by atoms with E-state index in [0.717, 1.165) is 0 Å². The van der Waals surface area contributed by atoms with Crippen LogP contribution in [0.2, 0.25) is 0 Å². The van der Waals surface area contributed by atoms with E-state index in [2.05, 4.69) is 20.4 Å². The van der Waals surface area contributed by atoms with E-state index in [9.17, 15) is 0 Å². The van der Waals surface area contributed by atoms with Crippen LogP contribution >= 0.6 is 0 Å². The summed E-state index contributed by atoms with van der Waals surface area (Å²) in [5, 5.41) is 0. The summed E-state index contributed by atoms with van der Waals surface area (Å²) in [6, 6.07) is 0. The summed E-state index contributed by atoms with van der Waals surface area (Å²) in [4.78, 5) is 0. The molecule has 8 heavy (non-hydrogen) atoms. The Morgan fingerprint density at radius 2 is 2.25 bits per heavy atom. The molecule has 0 saturated heterocycles. The summed E-state index contributed by atoms with van der Waals surface area (Å²) in [6.07, 6.45) is 0. The molecule has 0 aromatic carbocycles. The van der Waals surface area contributed by atoms with Gasteiger partial charge in [-0.05, 0) is 13.2 Å². The van der Waals surface area contributed by atoms with Gasteiger partial charge < -0.3 is 16.4 Å². The largest absolute Gasteiger partial charge is 0.499 e. The van der Waals surface area contributed by atoms with Crippen molar-refractivity contribution < 1.29 is 9.47 Å². The fourth-order valence-electron chi connectivity index (χ4n) is 0.269. The summed E-state index contributed by atoms with van der Waals surface area (Å²) in [7, 11) is 0. The molecule has 0 rings (SSSR count). The first-order chi connectivity index (χ1) is 3.81. The lowest BCUT2D eigenvalue weighted by Gasteiger charge is -2.05. The zero-order valence-electron chi connectivity index (χ0n) is 4.85. The van der Waals surface area contributed by atoms with Gasteiger partial charge in [-0.2, -0.15) is 0 Å². The average Bonchev–Trinajstić information content (AvgIpc) is 1.68. The van der Waals surface area contributed by atoms with E-state index in [0.29, 0.717) is 13.2 Å². The first-order valence-corrected chi connectivity index (χ1v) is 2.34. The van der Waals surface area contributed by atoms with E-state index in [1.54, 1.807) is 0 Å². The SMILES string of the molecule is C=C(OC[CH2+])OC[CH2-]. The highest BCUT2D eigenvalue weighted by atomic mass is 16.7. The van der Waals surface area contributed by atoms with Crippen LogP contribution in [-0.2, 0) is 9.47 Å². The van der Waals surface area contributed by atoms with Gasteiger partial charge in [-0.3, -0.25) is 0 Å². The lowest BCUT2D eigenvalue weighted by molar-refractivity contribution is 0.0610. The maximum atomic E-state index is 4.71. The molecule has 0 N–H and O–H groups in total. The number of hydrogen-bond donors (Lipinski definition) is 0. The van der Waals surface area contributed by atoms with Gasteiger partial charge in [0, 0.05) is 0 Å². The highest BCUT2D eigenvalue weighted by molar-refractivity contribution is 4.67. The molecule has 0 aliphatic carbocycles. The van der Waals surface area contributed by atoms with Crippen molar-refractivity contribution in [3.05, 3.63) is 26.4 Å². The van der Waals surface area contributed by atoms with Crippen molar-refractivity contribution in [3.63, 3.8) is 0 Å². The van der Waals surface area contributed by atoms with E-state index >= 15 is 0 Å². The minimum absolute atomic E-state index is 0.287. The standard InChI is InChI=1S/C6H10O2/c1-4-7-6(3)8-5-2/h1-5H2. The second-order valence-corrected chi connectivity index (χ2v) is 1.07. The topological polar surface area (TPSA) is 18.5 Å². The lowest BCUT2D eigenvalue weighted by Crippen LogP contribution is -1.94. The summed E-state index contributed by atoms with van der Waals surface area (Å²) < 4.78 is 9.43. The Morgan fingerprint density at radius 1 is 1.62 bits per heavy atom. The van der Waals surface area contributed by atoms with Crippen LogP contribution in [0.4, 0.5) is 0 Å². The van der Waals surface area contributed by atoms with Gasteiger partial charge in [-0.25, -0.2) is 0 Å². The van der Waals surface area contributed by atoms with Crippen LogP contribution in [0.25, 0.3) is 0 Å². The predicted octanol–water partition coefficient (Wildman–Crippen LogP) is 1.16. The Bertz CT molecular complexity index is 60.9. The molecule has 0 aromatic rings. The summed E-state index contributed by atoms with van der Waals surface area (Å²) in [5.74, 6) is 0.287. The van der Waals surface area contributed by atoms with Crippen LogP contribution in [0.5, 0.6) is 0 Å². The monoisotopic (exact) mass is 114 g/mol. The zero-order valence-corrected chi connectivity index (χ0v) is 4.85. The van der Waals surface area contributed by atoms with Crippen molar-refractivity contribution in [2.75, 3.05) is 13.2 Å². The molecule has 0 aliphatic heterocycles. The molecule has 0 amide bonds. The van der Waals surface area contributed by atoms with Gasteiger partial charge in [0.1, 0.15) is 6.92 Å². The third-order valence-electron chi connectivity index (χ3n) is 0.526. The van der Waals surface area contributed by atoms with E-state index in [1.807, 2.05) is 0 Å². The summed E-state index contributed by atoms with van der Waals surface area (Å²) >= 11 is 0. The smallest absolute Gasteiger partial charge is 0.272 e. The van der Waals surface area contributed by atoms with E-state index in [-0.39, 0.29) is 5.95 Å². The van der Waals surface area contributed by atoms with Crippen LogP contribution in [0.15, 0.2) is 12.5 Å². The molecule has 46 valence electrons. The van der Waals surface area contributed by atoms with E-state index < -0.39 is 0 Å². The molecule has 0 aliphatic rings. The predicted molar refractivity (Wildman–Crippen MR) is 31.8 cm³/mol. The maximum absolute atomic E-state index is 4.71. The average molecular weight is 114 g/mol. The molecule has 0 unspecified atom stereocenters. The first-order valence-electron chi connectivity index (χ1n) is 2.34. The highest BCUT2D eigenvalue weighted by Gasteiger charge is 1.87. The second kappa shape index (κ2) is 4.37. The van der Waals surface area contributed by atoms with Crippen molar-refractivity contribution in [2.45, 2.75) is 0 Å². The van der Waals surface area contributed by atoms with Gasteiger partial charge in [0.15, 0.2) is 0 Å². The molecule has 2 nitrogen and oxygen atoms in total. The van der Waals surface area contributed by atoms with Gasteiger partial charge in [-0.15, -0.1) is 0 Å². The maximum Gasteiger partial charge on any atom is 0.272 e. The van der Waals surface area contributed by atoms with E-state index in [4.69, 9.17) is 9.47 Å². The Morgan fingerprint density at radius 3 is 2.62 bits per heavy atom. The van der Waals surface area contributed by atoms with Gasteiger partial charge in [-0.1, -0.05) is 0 Å². The van der Waals surface area contributed by atoms with Crippen LogP contribution < -0.4 is 0 Å². The quantitative estimate of drug-likeness (QED) is 0.403. The Hall–Kier alpha value is -0.790. The highest BCUT2D eigenvalue weighted by Crippen LogP contribution is 1.92. The van der Waals surface area contributed by atoms with Crippen molar-refractivity contribution in [2.24, 2.45) is 0 Å². The molecule has 0 heterocycles. The second-order valence-electron chi connectivity index (χ2n) is 1.07. The molecular formula is C6H10O2. The fourth-order valence-corrected chi connectivity index (χ4v) is 0.269. The number of hydrogen-bond acceptors (Lipinski definition) is 2. The third-order valence-corrected chi connectivity index (χ3v) is 0.526. The van der Waals surface area contributed by atoms with Crippen LogP contribution in [-0.4, -0.2) is 13.2 Å². The molecule has 0 saturated carbocycles. The van der Waals surface area contributed by atoms with Gasteiger partial charge in [0.2, 0.25) is 6.61 Å². The van der Waals surface area contributed by atoms with Crippen molar-refractivity contribution in [3.8, 4) is 0 Å². The number of rotatable bonds is 4. The van der Waals surface area contributed by atoms with Crippen molar-refractivity contribution >= 4 is 0 Å². The fraction of sp³-hybridized carbons (Fsp3) is 0.333. The minimum atomic E-state index is 0.287. The van der Waals surface area contributed by atoms with Crippen LogP contribution in [0.3, 0.4) is 0 Å². The Kier molecular flexibility index (Phi) is 3.94. The summed E-state index contributed by atoms with van der Waals surface area (Å²) in [5.41, 5.74) is 0. The normalized spacial score (nSPS) is 8.12. The van der Waals surface area contributed by atoms with Gasteiger partial charge in [0.25, 0.3) is 5.95 Å². The first kappa shape index (κ1) is 7.21. The Balaban J connectivity index is 3.06. The summed E-state index contributed by atoms with van der Waals surface area (Å²) in [6.45, 7) is 11.0. The van der Waals surface area contributed by atoms with Crippen LogP contribution in [0, 0.1) is 13.8 Å². The molecule has 2 heteroatoms. The van der Waals surface area contributed by atoms with Crippen LogP contribution in [0.1, 0.15) is 0 Å². The molecule has 0 spiro atoms.